The fourth-order valence-corrected chi connectivity index (χ4v) is 3.04. The van der Waals surface area contributed by atoms with Crippen LogP contribution in [-0.2, 0) is 13.0 Å². The van der Waals surface area contributed by atoms with Gasteiger partial charge >= 0.3 is 13.1 Å². The number of carboxylic acid groups (broad SMARTS) is 1. The molecule has 0 aliphatic carbocycles. The van der Waals surface area contributed by atoms with Crippen molar-refractivity contribution >= 4 is 13.1 Å². The first-order chi connectivity index (χ1) is 12.9. The number of nitrogens with zero attached hydrogens (tertiary/aromatic N) is 3. The van der Waals surface area contributed by atoms with E-state index >= 15 is 0 Å². The van der Waals surface area contributed by atoms with Crippen LogP contribution in [0.1, 0.15) is 15.9 Å². The molecule has 0 bridgehead atoms. The first-order valence-corrected chi connectivity index (χ1v) is 8.73. The zero-order valence-electron chi connectivity index (χ0n) is 14.7. The predicted molar refractivity (Wildman–Crippen MR) is 96.9 cm³/mol. The number of carboxylic acids is 1. The van der Waals surface area contributed by atoms with Crippen molar-refractivity contribution in [2.24, 2.45) is 0 Å². The number of carbonyl (C=O) groups is 1. The molecule has 27 heavy (non-hydrogen) atoms. The van der Waals surface area contributed by atoms with Crippen molar-refractivity contribution in [1.29, 1.82) is 0 Å². The van der Waals surface area contributed by atoms with E-state index in [0.29, 0.717) is 18.7 Å². The molecular weight excluding hydrogens is 353 g/mol. The molecule has 0 spiro atoms. The second-order valence-corrected chi connectivity index (χ2v) is 6.57. The molecule has 2 heterocycles. The van der Waals surface area contributed by atoms with Crippen molar-refractivity contribution in [3.63, 3.8) is 0 Å². The number of aromatic carboxylic acids is 1. The summed E-state index contributed by atoms with van der Waals surface area (Å²) in [7, 11) is -1.52. The van der Waals surface area contributed by atoms with Crippen molar-refractivity contribution < 1.29 is 29.8 Å². The maximum Gasteiger partial charge on any atom is 0.451 e. The van der Waals surface area contributed by atoms with Crippen LogP contribution in [0.15, 0.2) is 30.9 Å². The third kappa shape index (κ3) is 4.79. The van der Waals surface area contributed by atoms with Gasteiger partial charge in [-0.15, -0.1) is 0 Å². The number of aromatic hydroxyl groups is 1. The summed E-state index contributed by atoms with van der Waals surface area (Å²) >= 11 is 0. The maximum absolute atomic E-state index is 11.6. The number of rotatable bonds is 9. The van der Waals surface area contributed by atoms with Crippen LogP contribution in [0.5, 0.6) is 11.5 Å². The van der Waals surface area contributed by atoms with E-state index in [2.05, 4.69) is 9.88 Å². The molecule has 10 heteroatoms. The molecule has 1 saturated heterocycles. The molecule has 1 aromatic heterocycles. The third-order valence-corrected chi connectivity index (χ3v) is 4.56. The van der Waals surface area contributed by atoms with E-state index in [0.717, 1.165) is 13.1 Å². The van der Waals surface area contributed by atoms with Crippen molar-refractivity contribution in [2.75, 3.05) is 19.6 Å². The normalized spacial score (nSPS) is 14.7. The minimum atomic E-state index is -1.52. The average Bonchev–Trinajstić information content (AvgIpc) is 3.08. The van der Waals surface area contributed by atoms with Gasteiger partial charge in [0.15, 0.2) is 0 Å². The Morgan fingerprint density at radius 3 is 2.70 bits per heavy atom. The summed E-state index contributed by atoms with van der Waals surface area (Å²) < 4.78 is 7.75. The summed E-state index contributed by atoms with van der Waals surface area (Å²) in [4.78, 5) is 17.7. The van der Waals surface area contributed by atoms with E-state index in [1.807, 2.05) is 10.8 Å². The van der Waals surface area contributed by atoms with Crippen LogP contribution in [-0.4, -0.2) is 73.5 Å². The van der Waals surface area contributed by atoms with Crippen LogP contribution < -0.4 is 4.74 Å². The summed E-state index contributed by atoms with van der Waals surface area (Å²) in [5.41, 5.74) is 0.0419. The molecule has 1 aliphatic rings. The highest BCUT2D eigenvalue weighted by molar-refractivity contribution is 6.41. The van der Waals surface area contributed by atoms with Crippen LogP contribution in [0.2, 0.25) is 6.32 Å². The Morgan fingerprint density at radius 1 is 1.30 bits per heavy atom. The zero-order valence-corrected chi connectivity index (χ0v) is 14.7. The second kappa shape index (κ2) is 8.42. The predicted octanol–water partition coefficient (Wildman–Crippen LogP) is 0.0654. The Balaban J connectivity index is 1.58. The first kappa shape index (κ1) is 19.2. The number of aromatic nitrogens is 2. The van der Waals surface area contributed by atoms with Gasteiger partial charge in [0.05, 0.1) is 6.33 Å². The highest BCUT2D eigenvalue weighted by Gasteiger charge is 2.30. The summed E-state index contributed by atoms with van der Waals surface area (Å²) in [5, 5.41) is 37.6. The van der Waals surface area contributed by atoms with Crippen LogP contribution in [0.4, 0.5) is 0 Å². The molecule has 144 valence electrons. The van der Waals surface area contributed by atoms with Gasteiger partial charge in [0.1, 0.15) is 23.2 Å². The Labute approximate surface area is 156 Å². The zero-order chi connectivity index (χ0) is 19.4. The Morgan fingerprint density at radius 2 is 2.07 bits per heavy atom. The van der Waals surface area contributed by atoms with Crippen LogP contribution >= 0.6 is 0 Å². The molecule has 4 N–H and O–H groups in total. The number of hydrogen-bond acceptors (Lipinski definition) is 7. The van der Waals surface area contributed by atoms with E-state index in [4.69, 9.17) is 14.8 Å². The van der Waals surface area contributed by atoms with E-state index in [1.165, 1.54) is 6.07 Å². The molecule has 0 unspecified atom stereocenters. The number of aryl methyl sites for hydroxylation is 1. The molecule has 0 atom stereocenters. The number of likely N-dealkylation sites (tertiary alicyclic amines) is 1. The average molecular weight is 375 g/mol. The van der Waals surface area contributed by atoms with Gasteiger partial charge in [-0.3, -0.25) is 4.90 Å². The van der Waals surface area contributed by atoms with Gasteiger partial charge in [-0.05, 0) is 24.4 Å². The van der Waals surface area contributed by atoms with Crippen LogP contribution in [0.25, 0.3) is 0 Å². The fraction of sp³-hybridized carbons (Fsp3) is 0.412. The topological polar surface area (TPSA) is 128 Å². The second-order valence-electron chi connectivity index (χ2n) is 6.57. The van der Waals surface area contributed by atoms with Crippen molar-refractivity contribution in [1.82, 2.24) is 14.5 Å². The summed E-state index contributed by atoms with van der Waals surface area (Å²) in [5.74, 6) is -1.56. The van der Waals surface area contributed by atoms with Gasteiger partial charge in [0.25, 0.3) is 0 Å². The smallest absolute Gasteiger partial charge is 0.451 e. The summed E-state index contributed by atoms with van der Waals surface area (Å²) in [6, 6.07) is 3.06. The molecule has 0 radical (unpaired) electrons. The van der Waals surface area contributed by atoms with Gasteiger partial charge in [0.2, 0.25) is 0 Å². The van der Waals surface area contributed by atoms with Gasteiger partial charge in [-0.1, -0.05) is 6.07 Å². The van der Waals surface area contributed by atoms with Crippen LogP contribution in [0, 0.1) is 0 Å². The molecule has 3 rings (SSSR count). The lowest BCUT2D eigenvalue weighted by molar-refractivity contribution is 0.0168. The molecule has 2 aromatic rings. The lowest BCUT2D eigenvalue weighted by atomic mass is 9.82. The lowest BCUT2D eigenvalue weighted by Crippen LogP contribution is -2.54. The molecule has 0 saturated carbocycles. The van der Waals surface area contributed by atoms with Crippen LogP contribution in [0.3, 0.4) is 0 Å². The largest absolute Gasteiger partial charge is 0.507 e. The highest BCUT2D eigenvalue weighted by Crippen LogP contribution is 2.33. The van der Waals surface area contributed by atoms with E-state index in [-0.39, 0.29) is 30.2 Å². The maximum atomic E-state index is 11.6. The Kier molecular flexibility index (Phi) is 5.99. The van der Waals surface area contributed by atoms with Gasteiger partial charge in [0, 0.05) is 38.6 Å². The van der Waals surface area contributed by atoms with E-state index < -0.39 is 18.8 Å². The molecule has 1 aromatic carbocycles. The quantitative estimate of drug-likeness (QED) is 0.453. The first-order valence-electron chi connectivity index (χ1n) is 8.73. The highest BCUT2D eigenvalue weighted by atomic mass is 16.5. The lowest BCUT2D eigenvalue weighted by Gasteiger charge is -2.39. The fourth-order valence-electron chi connectivity index (χ4n) is 3.04. The molecule has 1 fully saturated rings. The minimum Gasteiger partial charge on any atom is -0.507 e. The number of benzene rings is 1. The summed E-state index contributed by atoms with van der Waals surface area (Å²) in [6.45, 7) is 3.01. The Bertz CT molecular complexity index is 777. The monoisotopic (exact) mass is 375 g/mol. The van der Waals surface area contributed by atoms with Gasteiger partial charge in [-0.25, -0.2) is 9.78 Å². The SMILES string of the molecule is O=C(O)c1c(OC2CN(CCn3ccnc3)C2)ccc(CCB(O)O)c1O. The minimum absolute atomic E-state index is 0.00131. The van der Waals surface area contributed by atoms with E-state index in [1.54, 1.807) is 18.6 Å². The number of hydrogen-bond donors (Lipinski definition) is 4. The van der Waals surface area contributed by atoms with Crippen molar-refractivity contribution in [3.05, 3.63) is 42.0 Å². The third-order valence-electron chi connectivity index (χ3n) is 4.56. The van der Waals surface area contributed by atoms with Crippen molar-refractivity contribution in [2.45, 2.75) is 25.4 Å². The molecule has 0 amide bonds. The number of imidazole rings is 1. The van der Waals surface area contributed by atoms with Gasteiger partial charge in [-0.2, -0.15) is 0 Å². The summed E-state index contributed by atoms with van der Waals surface area (Å²) in [6.07, 6.45) is 5.39. The van der Waals surface area contributed by atoms with E-state index in [9.17, 15) is 15.0 Å². The molecule has 1 aliphatic heterocycles. The number of phenols is 1. The Hall–Kier alpha value is -2.56. The van der Waals surface area contributed by atoms with Crippen molar-refractivity contribution in [3.8, 4) is 11.5 Å². The molecular formula is C17H22BN3O6. The standard InChI is InChI=1S/C17H22BN3O6/c22-16-12(3-4-18(25)26)1-2-14(15(16)17(23)24)27-13-9-21(10-13)8-7-20-6-5-19-11-20/h1-2,5-6,11,13,22,25-26H,3-4,7-10H2,(H,23,24). The number of ether oxygens (including phenoxy) is 1. The molecule has 9 nitrogen and oxygen atoms in total. The van der Waals surface area contributed by atoms with Gasteiger partial charge < -0.3 is 29.6 Å².